The minimum absolute atomic E-state index is 0.0221. The summed E-state index contributed by atoms with van der Waals surface area (Å²) < 4.78 is 7.56. The second kappa shape index (κ2) is 31.9. The monoisotopic (exact) mass is 1270 g/mol. The highest BCUT2D eigenvalue weighted by molar-refractivity contribution is 7.95. The minimum atomic E-state index is -2.01. The molecule has 0 fully saturated rings. The van der Waals surface area contributed by atoms with Gasteiger partial charge in [-0.3, -0.25) is 43.2 Å². The van der Waals surface area contributed by atoms with E-state index in [0.29, 0.717) is 42.1 Å². The number of benzene rings is 3. The Balaban J connectivity index is 0.732. The van der Waals surface area contributed by atoms with Gasteiger partial charge in [0.05, 0.1) is 28.9 Å². The predicted octanol–water partition coefficient (Wildman–Crippen LogP) is 5.09. The fraction of sp³-hybridized carbons (Fsp3) is 0.303. The van der Waals surface area contributed by atoms with Gasteiger partial charge in [-0.05, 0) is 101 Å². The lowest BCUT2D eigenvalue weighted by atomic mass is 10.2. The molecule has 482 valence electrons. The standard InChI is InChI=1S/C66H79N16O9P/c1-77(2)34-19-30-67-58(84)27-32-69-62(87)52-38-47(42-78(52)3)73-63(88)53-37-46(41-80(53)5)72-60(86)29-33-70-66(91)61-75-56(44-82(61)7)76-65(90)55-39-48(43-81(55)6)74-64(89)54-36-45(40-79(54)4)71-59(85)28-31-68-57(83)26-17-18-35-92(49-20-11-8-12-21-49,50-22-13-9-14-23-50)51-24-15-10-16-25-51/h8-16,20-25,36-44H,17-19,26-35H2,1-7H3,(H8-,67,68,69,70,71,72,73,74,76,83,84,85,86,87,88,89,90,91)/p+1. The lowest BCUT2D eigenvalue weighted by Crippen LogP contribution is -2.33. The molecule has 5 aromatic heterocycles. The second-order valence-corrected chi connectivity index (χ2v) is 26.2. The van der Waals surface area contributed by atoms with Gasteiger partial charge in [0.15, 0.2) is 5.82 Å². The van der Waals surface area contributed by atoms with Crippen LogP contribution in [0.25, 0.3) is 0 Å². The van der Waals surface area contributed by atoms with E-state index >= 15 is 0 Å². The van der Waals surface area contributed by atoms with Gasteiger partial charge in [-0.25, -0.2) is 4.98 Å². The first-order valence-electron chi connectivity index (χ1n) is 30.2. The maximum absolute atomic E-state index is 13.5. The number of unbranched alkanes of at least 4 members (excludes halogenated alkanes) is 1. The number of anilines is 5. The zero-order valence-electron chi connectivity index (χ0n) is 52.8. The maximum Gasteiger partial charge on any atom is 0.287 e. The van der Waals surface area contributed by atoms with Crippen LogP contribution in [0.15, 0.2) is 146 Å². The summed E-state index contributed by atoms with van der Waals surface area (Å²) in [7, 11) is 10.0. The Morgan fingerprint density at radius 1 is 0.391 bits per heavy atom. The van der Waals surface area contributed by atoms with Crippen LogP contribution >= 0.6 is 7.26 Å². The van der Waals surface area contributed by atoms with E-state index in [9.17, 15) is 43.2 Å². The topological polar surface area (TPSA) is 303 Å². The molecule has 0 radical (unpaired) electrons. The molecule has 0 atom stereocenters. The molecule has 9 N–H and O–H groups in total. The average molecular weight is 1270 g/mol. The Hall–Kier alpha value is -10.4. The van der Waals surface area contributed by atoms with E-state index in [1.807, 2.05) is 37.2 Å². The first kappa shape index (κ1) is 67.5. The number of amides is 9. The van der Waals surface area contributed by atoms with E-state index in [0.717, 1.165) is 25.5 Å². The molecule has 5 heterocycles. The minimum Gasteiger partial charge on any atom is -0.356 e. The van der Waals surface area contributed by atoms with E-state index < -0.39 is 42.7 Å². The van der Waals surface area contributed by atoms with Crippen LogP contribution < -0.4 is 63.8 Å². The van der Waals surface area contributed by atoms with Crippen molar-refractivity contribution in [2.24, 2.45) is 35.2 Å². The van der Waals surface area contributed by atoms with E-state index in [1.165, 1.54) is 60.1 Å². The molecule has 3 aromatic carbocycles. The number of carbonyl (C=O) groups is 9. The molecule has 0 aliphatic heterocycles. The normalized spacial score (nSPS) is 11.2. The molecule has 0 bridgehead atoms. The molecule has 8 rings (SSSR count). The van der Waals surface area contributed by atoms with Gasteiger partial charge in [-0.1, -0.05) is 54.6 Å². The molecule has 0 unspecified atom stereocenters. The predicted molar refractivity (Wildman–Crippen MR) is 358 cm³/mol. The smallest absolute Gasteiger partial charge is 0.287 e. The Morgan fingerprint density at radius 2 is 0.772 bits per heavy atom. The van der Waals surface area contributed by atoms with Crippen LogP contribution in [-0.2, 0) is 54.4 Å². The summed E-state index contributed by atoms with van der Waals surface area (Å²) in [5, 5.41) is 28.7. The Labute approximate surface area is 534 Å². The summed E-state index contributed by atoms with van der Waals surface area (Å²) in [5.74, 6) is -3.68. The largest absolute Gasteiger partial charge is 0.356 e. The van der Waals surface area contributed by atoms with Crippen molar-refractivity contribution in [1.29, 1.82) is 0 Å². The highest BCUT2D eigenvalue weighted by Crippen LogP contribution is 2.56. The first-order chi connectivity index (χ1) is 44.2. The Kier molecular flexibility index (Phi) is 23.4. The average Bonchev–Trinajstić information content (AvgIpc) is 0.935. The summed E-state index contributed by atoms with van der Waals surface area (Å²) in [5.41, 5.74) is 2.25. The fourth-order valence-electron chi connectivity index (χ4n) is 10.6. The van der Waals surface area contributed by atoms with Gasteiger partial charge in [0, 0.05) is 118 Å². The Bertz CT molecular complexity index is 3830. The maximum atomic E-state index is 13.5. The molecular formula is C66H80N16O9P+. The third-order valence-corrected chi connectivity index (χ3v) is 19.7. The summed E-state index contributed by atoms with van der Waals surface area (Å²) in [6.07, 6.45) is 11.3. The van der Waals surface area contributed by atoms with Crippen molar-refractivity contribution in [1.82, 2.24) is 54.0 Å². The lowest BCUT2D eigenvalue weighted by Gasteiger charge is -2.27. The molecule has 0 aliphatic rings. The van der Waals surface area contributed by atoms with Gasteiger partial charge in [0.1, 0.15) is 46.0 Å². The summed E-state index contributed by atoms with van der Waals surface area (Å²) in [6, 6.07) is 37.9. The molecule has 0 spiro atoms. The van der Waals surface area contributed by atoms with Crippen molar-refractivity contribution in [3.8, 4) is 0 Å². The van der Waals surface area contributed by atoms with Crippen LogP contribution in [0.1, 0.15) is 97.5 Å². The van der Waals surface area contributed by atoms with Crippen molar-refractivity contribution in [3.05, 3.63) is 175 Å². The third kappa shape index (κ3) is 18.2. The molecular weight excluding hydrogens is 1190 g/mol. The molecule has 92 heavy (non-hydrogen) atoms. The number of nitrogens with zero attached hydrogens (tertiary/aromatic N) is 7. The summed E-state index contributed by atoms with van der Waals surface area (Å²) in [6.45, 7) is 1.60. The van der Waals surface area contributed by atoms with Gasteiger partial charge in [-0.2, -0.15) is 0 Å². The molecule has 8 aromatic rings. The van der Waals surface area contributed by atoms with Crippen molar-refractivity contribution in [2.45, 2.75) is 44.9 Å². The lowest BCUT2D eigenvalue weighted by molar-refractivity contribution is -0.122. The first-order valence-corrected chi connectivity index (χ1v) is 32.2. The van der Waals surface area contributed by atoms with Gasteiger partial charge in [-0.15, -0.1) is 0 Å². The van der Waals surface area contributed by atoms with Crippen molar-refractivity contribution >= 4 is 105 Å². The zero-order chi connectivity index (χ0) is 65.9. The SMILES string of the molecule is CN(C)CCCNC(=O)CCNC(=O)c1cc(NC(=O)c2cc(NC(=O)CCNC(=O)c3nc(NC(=O)c4cc(NC(=O)c5cc(NC(=O)CCNC(=O)CCCC[P+](c6ccccc6)(c6ccccc6)c6ccccc6)cn5C)cn4C)cn3C)cn2C)cn1C. The second-order valence-electron chi connectivity index (χ2n) is 22.5. The van der Waals surface area contributed by atoms with Crippen LogP contribution in [0, 0.1) is 0 Å². The number of aromatic nitrogens is 6. The van der Waals surface area contributed by atoms with Crippen molar-refractivity contribution < 1.29 is 43.2 Å². The fourth-order valence-corrected chi connectivity index (χ4v) is 15.0. The summed E-state index contributed by atoms with van der Waals surface area (Å²) >= 11 is 0. The van der Waals surface area contributed by atoms with Crippen LogP contribution in [0.4, 0.5) is 28.6 Å². The third-order valence-electron chi connectivity index (χ3n) is 15.1. The molecule has 25 nitrogen and oxygen atoms in total. The molecule has 26 heteroatoms. The van der Waals surface area contributed by atoms with Crippen molar-refractivity contribution in [2.75, 3.05) is 79.6 Å². The van der Waals surface area contributed by atoms with Gasteiger partial charge in [0.2, 0.25) is 29.5 Å². The quantitative estimate of drug-likeness (QED) is 0.0204. The van der Waals surface area contributed by atoms with Crippen LogP contribution in [-0.4, -0.2) is 139 Å². The van der Waals surface area contributed by atoms with Gasteiger partial charge in [0.25, 0.3) is 29.5 Å². The molecule has 9 amide bonds. The number of carbonyl (C=O) groups excluding carboxylic acids is 9. The Morgan fingerprint density at radius 3 is 1.23 bits per heavy atom. The van der Waals surface area contributed by atoms with E-state index in [1.54, 1.807) is 69.2 Å². The number of imidazole rings is 1. The molecule has 0 saturated heterocycles. The van der Waals surface area contributed by atoms with E-state index in [-0.39, 0.29) is 91.0 Å². The van der Waals surface area contributed by atoms with Gasteiger partial charge < -0.3 is 75.6 Å². The highest BCUT2D eigenvalue weighted by Gasteiger charge is 2.44. The zero-order valence-corrected chi connectivity index (χ0v) is 53.7. The summed E-state index contributed by atoms with van der Waals surface area (Å²) in [4.78, 5) is 124. The molecule has 0 saturated carbocycles. The number of aryl methyl sites for hydroxylation is 5. The number of nitrogens with one attached hydrogen (secondary N) is 9. The van der Waals surface area contributed by atoms with Crippen LogP contribution in [0.5, 0.6) is 0 Å². The van der Waals surface area contributed by atoms with Crippen LogP contribution in [0.3, 0.4) is 0 Å². The highest BCUT2D eigenvalue weighted by atomic mass is 31.2. The van der Waals surface area contributed by atoms with Gasteiger partial charge >= 0.3 is 0 Å². The number of rotatable bonds is 31. The number of hydrogen-bond donors (Lipinski definition) is 9. The van der Waals surface area contributed by atoms with Crippen LogP contribution in [0.2, 0.25) is 0 Å². The van der Waals surface area contributed by atoms with Crippen molar-refractivity contribution in [3.63, 3.8) is 0 Å². The van der Waals surface area contributed by atoms with E-state index in [2.05, 4.69) is 126 Å². The molecule has 0 aliphatic carbocycles. The van der Waals surface area contributed by atoms with E-state index in [4.69, 9.17) is 0 Å². The number of hydrogen-bond acceptors (Lipinski definition) is 11.